The Balaban J connectivity index is 1.56. The summed E-state index contributed by atoms with van der Waals surface area (Å²) in [6.07, 6.45) is 4.89. The molecule has 136 valence electrons. The molecule has 2 aromatic heterocycles. The van der Waals surface area contributed by atoms with Crippen molar-refractivity contribution in [2.75, 3.05) is 18.4 Å². The van der Waals surface area contributed by atoms with Gasteiger partial charge in [-0.3, -0.25) is 14.7 Å². The summed E-state index contributed by atoms with van der Waals surface area (Å²) in [6.45, 7) is 7.78. The van der Waals surface area contributed by atoms with Crippen LogP contribution in [0.25, 0.3) is 0 Å². The van der Waals surface area contributed by atoms with Crippen molar-refractivity contribution in [2.45, 2.75) is 52.0 Å². The minimum atomic E-state index is -0.0618. The standard InChI is InChI=1S/C18H28N6O/c1-5-13(2)24-14(3)12-17(21-24)19-18(25)23-10-6-15(7-11-23)16-8-9-22(4)20-16/h8-9,12-13,15H,5-7,10-11H2,1-4H3,(H,19,21,25). The molecule has 7 heteroatoms. The molecule has 0 spiro atoms. The highest BCUT2D eigenvalue weighted by molar-refractivity contribution is 5.88. The van der Waals surface area contributed by atoms with E-state index in [1.54, 1.807) is 0 Å². The first-order chi connectivity index (χ1) is 12.0. The molecule has 25 heavy (non-hydrogen) atoms. The van der Waals surface area contributed by atoms with E-state index in [2.05, 4.69) is 35.4 Å². The molecule has 0 bridgehead atoms. The first kappa shape index (κ1) is 17.5. The number of amides is 2. The van der Waals surface area contributed by atoms with Gasteiger partial charge < -0.3 is 4.90 Å². The van der Waals surface area contributed by atoms with Crippen molar-refractivity contribution in [1.82, 2.24) is 24.5 Å². The maximum absolute atomic E-state index is 12.5. The molecule has 0 radical (unpaired) electrons. The normalized spacial score (nSPS) is 16.9. The summed E-state index contributed by atoms with van der Waals surface area (Å²) in [5.74, 6) is 1.08. The molecule has 2 amide bonds. The highest BCUT2D eigenvalue weighted by Crippen LogP contribution is 2.27. The van der Waals surface area contributed by atoms with Crippen molar-refractivity contribution in [2.24, 2.45) is 7.05 Å². The lowest BCUT2D eigenvalue weighted by Crippen LogP contribution is -2.40. The molecule has 7 nitrogen and oxygen atoms in total. The van der Waals surface area contributed by atoms with Crippen LogP contribution in [-0.4, -0.2) is 43.6 Å². The van der Waals surface area contributed by atoms with Crippen molar-refractivity contribution in [3.05, 3.63) is 29.7 Å². The molecule has 0 aromatic carbocycles. The molecule has 3 rings (SSSR count). The number of hydrogen-bond donors (Lipinski definition) is 1. The lowest BCUT2D eigenvalue weighted by atomic mass is 9.94. The van der Waals surface area contributed by atoms with Crippen molar-refractivity contribution >= 4 is 11.8 Å². The number of urea groups is 1. The number of carbonyl (C=O) groups excluding carboxylic acids is 1. The predicted octanol–water partition coefficient (Wildman–Crippen LogP) is 3.31. The van der Waals surface area contributed by atoms with Gasteiger partial charge in [0.2, 0.25) is 0 Å². The van der Waals surface area contributed by atoms with Crippen molar-refractivity contribution in [3.63, 3.8) is 0 Å². The number of carbonyl (C=O) groups is 1. The molecular weight excluding hydrogens is 316 g/mol. The molecule has 3 heterocycles. The Bertz CT molecular complexity index is 726. The van der Waals surface area contributed by atoms with Crippen LogP contribution in [0, 0.1) is 6.92 Å². The minimum absolute atomic E-state index is 0.0618. The van der Waals surface area contributed by atoms with Crippen LogP contribution in [0.4, 0.5) is 10.6 Å². The molecule has 2 aromatic rings. The number of nitrogens with one attached hydrogen (secondary N) is 1. The number of aryl methyl sites for hydroxylation is 2. The Labute approximate surface area is 149 Å². The first-order valence-electron chi connectivity index (χ1n) is 9.09. The summed E-state index contributed by atoms with van der Waals surface area (Å²) in [6, 6.07) is 4.28. The average Bonchev–Trinajstić information content (AvgIpc) is 3.20. The van der Waals surface area contributed by atoms with E-state index in [1.165, 1.54) is 0 Å². The van der Waals surface area contributed by atoms with E-state index in [0.717, 1.165) is 43.7 Å². The van der Waals surface area contributed by atoms with Gasteiger partial charge in [-0.1, -0.05) is 6.92 Å². The summed E-state index contributed by atoms with van der Waals surface area (Å²) in [5.41, 5.74) is 2.20. The van der Waals surface area contributed by atoms with E-state index in [1.807, 2.05) is 40.5 Å². The third-order valence-electron chi connectivity index (χ3n) is 5.10. The zero-order valence-electron chi connectivity index (χ0n) is 15.6. The Morgan fingerprint density at radius 2 is 2.08 bits per heavy atom. The predicted molar refractivity (Wildman–Crippen MR) is 97.7 cm³/mol. The van der Waals surface area contributed by atoms with E-state index in [0.29, 0.717) is 17.8 Å². The fourth-order valence-electron chi connectivity index (χ4n) is 3.39. The first-order valence-corrected chi connectivity index (χ1v) is 9.09. The molecule has 0 saturated carbocycles. The van der Waals surface area contributed by atoms with Crippen LogP contribution >= 0.6 is 0 Å². The summed E-state index contributed by atoms with van der Waals surface area (Å²) < 4.78 is 3.81. The van der Waals surface area contributed by atoms with Crippen molar-refractivity contribution in [1.29, 1.82) is 0 Å². The molecule has 1 fully saturated rings. The van der Waals surface area contributed by atoms with Crippen LogP contribution in [0.3, 0.4) is 0 Å². The van der Waals surface area contributed by atoms with E-state index in [9.17, 15) is 4.79 Å². The van der Waals surface area contributed by atoms with Crippen LogP contribution < -0.4 is 5.32 Å². The van der Waals surface area contributed by atoms with Gasteiger partial charge in [-0.25, -0.2) is 4.79 Å². The van der Waals surface area contributed by atoms with Crippen LogP contribution in [0.5, 0.6) is 0 Å². The molecule has 1 aliphatic rings. The summed E-state index contributed by atoms with van der Waals surface area (Å²) in [7, 11) is 1.94. The van der Waals surface area contributed by atoms with Gasteiger partial charge in [-0.15, -0.1) is 0 Å². The maximum atomic E-state index is 12.5. The van der Waals surface area contributed by atoms with Crippen LogP contribution in [0.15, 0.2) is 18.3 Å². The number of hydrogen-bond acceptors (Lipinski definition) is 3. The molecule has 1 N–H and O–H groups in total. The van der Waals surface area contributed by atoms with Gasteiger partial charge in [0.15, 0.2) is 5.82 Å². The zero-order chi connectivity index (χ0) is 18.0. The van der Waals surface area contributed by atoms with Gasteiger partial charge in [0, 0.05) is 50.1 Å². The lowest BCUT2D eigenvalue weighted by molar-refractivity contribution is 0.194. The second kappa shape index (κ2) is 7.29. The minimum Gasteiger partial charge on any atom is -0.324 e. The zero-order valence-corrected chi connectivity index (χ0v) is 15.6. The number of rotatable bonds is 4. The Kier molecular flexibility index (Phi) is 5.11. The summed E-state index contributed by atoms with van der Waals surface area (Å²) >= 11 is 0. The molecule has 1 unspecified atom stereocenters. The van der Waals surface area contributed by atoms with Crippen LogP contribution in [-0.2, 0) is 7.05 Å². The quantitative estimate of drug-likeness (QED) is 0.925. The lowest BCUT2D eigenvalue weighted by Gasteiger charge is -2.31. The second-order valence-corrected chi connectivity index (χ2v) is 6.98. The number of anilines is 1. The molecular formula is C18H28N6O. The summed E-state index contributed by atoms with van der Waals surface area (Å²) in [5, 5.41) is 12.0. The van der Waals surface area contributed by atoms with Gasteiger partial charge in [0.25, 0.3) is 0 Å². The van der Waals surface area contributed by atoms with E-state index in [-0.39, 0.29) is 6.03 Å². The third kappa shape index (κ3) is 3.86. The molecule has 1 aliphatic heterocycles. The largest absolute Gasteiger partial charge is 0.324 e. The maximum Gasteiger partial charge on any atom is 0.323 e. The third-order valence-corrected chi connectivity index (χ3v) is 5.10. The van der Waals surface area contributed by atoms with Gasteiger partial charge in [0.1, 0.15) is 0 Å². The van der Waals surface area contributed by atoms with Gasteiger partial charge in [0.05, 0.1) is 5.69 Å². The van der Waals surface area contributed by atoms with Crippen molar-refractivity contribution < 1.29 is 4.79 Å². The van der Waals surface area contributed by atoms with Gasteiger partial charge >= 0.3 is 6.03 Å². The van der Waals surface area contributed by atoms with E-state index >= 15 is 0 Å². The van der Waals surface area contributed by atoms with Gasteiger partial charge in [-0.2, -0.15) is 10.2 Å². The second-order valence-electron chi connectivity index (χ2n) is 6.98. The van der Waals surface area contributed by atoms with Crippen LogP contribution in [0.1, 0.15) is 56.5 Å². The fourth-order valence-corrected chi connectivity index (χ4v) is 3.39. The SMILES string of the molecule is CCC(C)n1nc(NC(=O)N2CCC(c3ccn(C)n3)CC2)cc1C. The molecule has 0 aliphatic carbocycles. The fraction of sp³-hybridized carbons (Fsp3) is 0.611. The number of aromatic nitrogens is 4. The summed E-state index contributed by atoms with van der Waals surface area (Å²) in [4.78, 5) is 14.4. The Morgan fingerprint density at radius 3 is 2.68 bits per heavy atom. The van der Waals surface area contributed by atoms with E-state index < -0.39 is 0 Å². The highest BCUT2D eigenvalue weighted by Gasteiger charge is 2.25. The van der Waals surface area contributed by atoms with Gasteiger partial charge in [-0.05, 0) is 39.2 Å². The smallest absolute Gasteiger partial charge is 0.323 e. The average molecular weight is 344 g/mol. The Hall–Kier alpha value is -2.31. The topological polar surface area (TPSA) is 68.0 Å². The van der Waals surface area contributed by atoms with E-state index in [4.69, 9.17) is 0 Å². The number of piperidine rings is 1. The highest BCUT2D eigenvalue weighted by atomic mass is 16.2. The molecule has 1 atom stereocenters. The molecule has 1 saturated heterocycles. The number of nitrogens with zero attached hydrogens (tertiary/aromatic N) is 5. The Morgan fingerprint density at radius 1 is 1.36 bits per heavy atom. The van der Waals surface area contributed by atoms with Crippen LogP contribution in [0.2, 0.25) is 0 Å². The van der Waals surface area contributed by atoms with Crippen molar-refractivity contribution in [3.8, 4) is 0 Å². The number of likely N-dealkylation sites (tertiary alicyclic amines) is 1. The monoisotopic (exact) mass is 344 g/mol.